The van der Waals surface area contributed by atoms with E-state index in [2.05, 4.69) is 20.8 Å². The SMILES string of the molecule is CCCNC(=O)NC(=O)CSc1nnc(-c2ccco2)n1-c1ccccc1. The minimum atomic E-state index is -0.497. The zero-order valence-electron chi connectivity index (χ0n) is 14.7. The van der Waals surface area contributed by atoms with E-state index in [1.54, 1.807) is 18.4 Å². The van der Waals surface area contributed by atoms with Gasteiger partial charge >= 0.3 is 6.03 Å². The first-order valence-corrected chi connectivity index (χ1v) is 9.42. The van der Waals surface area contributed by atoms with Crippen LogP contribution in [0.4, 0.5) is 4.79 Å². The van der Waals surface area contributed by atoms with Gasteiger partial charge in [0.05, 0.1) is 12.0 Å². The van der Waals surface area contributed by atoms with E-state index in [1.165, 1.54) is 11.8 Å². The number of imide groups is 1. The van der Waals surface area contributed by atoms with Crippen LogP contribution in [0.3, 0.4) is 0 Å². The smallest absolute Gasteiger partial charge is 0.321 e. The molecule has 2 heterocycles. The molecule has 0 aliphatic heterocycles. The summed E-state index contributed by atoms with van der Waals surface area (Å²) in [4.78, 5) is 23.6. The van der Waals surface area contributed by atoms with Gasteiger partial charge in [-0.25, -0.2) is 4.79 Å². The molecule has 3 amide bonds. The first kappa shape index (κ1) is 18.7. The Labute approximate surface area is 160 Å². The molecule has 9 heteroatoms. The van der Waals surface area contributed by atoms with Gasteiger partial charge in [0, 0.05) is 12.2 Å². The molecule has 3 aromatic rings. The lowest BCUT2D eigenvalue weighted by molar-refractivity contribution is -0.117. The summed E-state index contributed by atoms with van der Waals surface area (Å²) in [5.74, 6) is 0.731. The molecule has 0 spiro atoms. The topological polar surface area (TPSA) is 102 Å². The molecule has 27 heavy (non-hydrogen) atoms. The zero-order chi connectivity index (χ0) is 19.1. The molecule has 0 saturated carbocycles. The minimum Gasteiger partial charge on any atom is -0.461 e. The van der Waals surface area contributed by atoms with Gasteiger partial charge in [-0.2, -0.15) is 0 Å². The number of urea groups is 1. The van der Waals surface area contributed by atoms with Crippen molar-refractivity contribution in [2.24, 2.45) is 0 Å². The number of carbonyl (C=O) groups is 2. The highest BCUT2D eigenvalue weighted by Crippen LogP contribution is 2.27. The Hall–Kier alpha value is -3.07. The fourth-order valence-corrected chi connectivity index (χ4v) is 3.07. The van der Waals surface area contributed by atoms with E-state index in [-0.39, 0.29) is 5.75 Å². The van der Waals surface area contributed by atoms with Crippen LogP contribution in [0, 0.1) is 0 Å². The van der Waals surface area contributed by atoms with Gasteiger partial charge < -0.3 is 9.73 Å². The third-order valence-electron chi connectivity index (χ3n) is 3.51. The van der Waals surface area contributed by atoms with Crippen molar-refractivity contribution >= 4 is 23.7 Å². The van der Waals surface area contributed by atoms with Crippen molar-refractivity contribution in [3.05, 3.63) is 48.7 Å². The molecule has 8 nitrogen and oxygen atoms in total. The molecule has 3 rings (SSSR count). The van der Waals surface area contributed by atoms with Gasteiger partial charge in [0.1, 0.15) is 0 Å². The van der Waals surface area contributed by atoms with Crippen LogP contribution in [0.2, 0.25) is 0 Å². The molecule has 0 fully saturated rings. The number of hydrogen-bond acceptors (Lipinski definition) is 6. The summed E-state index contributed by atoms with van der Waals surface area (Å²) in [7, 11) is 0. The van der Waals surface area contributed by atoms with Crippen LogP contribution >= 0.6 is 11.8 Å². The van der Waals surface area contributed by atoms with E-state index < -0.39 is 11.9 Å². The number of rotatable bonds is 7. The van der Waals surface area contributed by atoms with Crippen molar-refractivity contribution in [3.63, 3.8) is 0 Å². The second-order valence-electron chi connectivity index (χ2n) is 5.55. The van der Waals surface area contributed by atoms with Crippen LogP contribution < -0.4 is 10.6 Å². The van der Waals surface area contributed by atoms with Gasteiger partial charge in [0.2, 0.25) is 11.7 Å². The lowest BCUT2D eigenvalue weighted by Crippen LogP contribution is -2.40. The number of thioether (sulfide) groups is 1. The maximum Gasteiger partial charge on any atom is 0.321 e. The fraction of sp³-hybridized carbons (Fsp3) is 0.222. The summed E-state index contributed by atoms with van der Waals surface area (Å²) < 4.78 is 7.26. The maximum absolute atomic E-state index is 12.0. The first-order valence-electron chi connectivity index (χ1n) is 8.44. The molecular formula is C18H19N5O3S. The van der Waals surface area contributed by atoms with Crippen molar-refractivity contribution in [1.82, 2.24) is 25.4 Å². The van der Waals surface area contributed by atoms with E-state index in [1.807, 2.05) is 41.8 Å². The highest BCUT2D eigenvalue weighted by atomic mass is 32.2. The lowest BCUT2D eigenvalue weighted by Gasteiger charge is -2.09. The standard InChI is InChI=1S/C18H19N5O3S/c1-2-10-19-17(25)20-15(24)12-27-18-22-21-16(14-9-6-11-26-14)23(18)13-7-4-3-5-8-13/h3-9,11H,2,10,12H2,1H3,(H2,19,20,24,25). The van der Waals surface area contributed by atoms with Crippen LogP contribution in [-0.2, 0) is 4.79 Å². The third-order valence-corrected chi connectivity index (χ3v) is 4.44. The van der Waals surface area contributed by atoms with E-state index in [4.69, 9.17) is 4.42 Å². The van der Waals surface area contributed by atoms with Crippen LogP contribution in [-0.4, -0.2) is 39.0 Å². The van der Waals surface area contributed by atoms with E-state index in [0.29, 0.717) is 23.3 Å². The van der Waals surface area contributed by atoms with Gasteiger partial charge in [0.15, 0.2) is 10.9 Å². The minimum absolute atomic E-state index is 0.0304. The number of aromatic nitrogens is 3. The quantitative estimate of drug-likeness (QED) is 0.607. The number of benzene rings is 1. The Morgan fingerprint density at radius 3 is 2.67 bits per heavy atom. The summed E-state index contributed by atoms with van der Waals surface area (Å²) >= 11 is 1.19. The molecule has 2 N–H and O–H groups in total. The predicted molar refractivity (Wildman–Crippen MR) is 102 cm³/mol. The maximum atomic E-state index is 12.0. The second-order valence-corrected chi connectivity index (χ2v) is 6.49. The summed E-state index contributed by atoms with van der Waals surface area (Å²) in [6.07, 6.45) is 2.36. The van der Waals surface area contributed by atoms with Crippen molar-refractivity contribution in [2.75, 3.05) is 12.3 Å². The highest BCUT2D eigenvalue weighted by molar-refractivity contribution is 7.99. The molecule has 1 aromatic carbocycles. The lowest BCUT2D eigenvalue weighted by atomic mass is 10.3. The van der Waals surface area contributed by atoms with Crippen LogP contribution in [0.1, 0.15) is 13.3 Å². The van der Waals surface area contributed by atoms with Crippen LogP contribution in [0.5, 0.6) is 0 Å². The fourth-order valence-electron chi connectivity index (χ4n) is 2.31. The van der Waals surface area contributed by atoms with Gasteiger partial charge in [0.25, 0.3) is 0 Å². The van der Waals surface area contributed by atoms with Crippen LogP contribution in [0.25, 0.3) is 17.3 Å². The Bertz CT molecular complexity index is 893. The van der Waals surface area contributed by atoms with E-state index in [9.17, 15) is 9.59 Å². The number of furan rings is 1. The number of hydrogen-bond donors (Lipinski definition) is 2. The van der Waals surface area contributed by atoms with Gasteiger partial charge in [-0.05, 0) is 30.7 Å². The summed E-state index contributed by atoms with van der Waals surface area (Å²) in [5.41, 5.74) is 0.845. The van der Waals surface area contributed by atoms with Gasteiger partial charge in [-0.1, -0.05) is 36.9 Å². The highest BCUT2D eigenvalue weighted by Gasteiger charge is 2.19. The van der Waals surface area contributed by atoms with E-state index >= 15 is 0 Å². The first-order chi connectivity index (χ1) is 13.2. The molecule has 0 unspecified atom stereocenters. The van der Waals surface area contributed by atoms with Crippen molar-refractivity contribution < 1.29 is 14.0 Å². The summed E-state index contributed by atoms with van der Waals surface area (Å²) in [6, 6.07) is 12.6. The van der Waals surface area contributed by atoms with E-state index in [0.717, 1.165) is 12.1 Å². The Morgan fingerprint density at radius 2 is 1.96 bits per heavy atom. The van der Waals surface area contributed by atoms with Gasteiger partial charge in [-0.3, -0.25) is 14.7 Å². The molecule has 2 aromatic heterocycles. The molecule has 0 saturated heterocycles. The molecular weight excluding hydrogens is 366 g/mol. The van der Waals surface area contributed by atoms with Crippen molar-refractivity contribution in [1.29, 1.82) is 0 Å². The van der Waals surface area contributed by atoms with Gasteiger partial charge in [-0.15, -0.1) is 10.2 Å². The third kappa shape index (κ3) is 4.76. The molecule has 0 aliphatic rings. The van der Waals surface area contributed by atoms with Crippen LogP contribution in [0.15, 0.2) is 58.3 Å². The van der Waals surface area contributed by atoms with Crippen molar-refractivity contribution in [3.8, 4) is 17.3 Å². The molecule has 0 radical (unpaired) electrons. The number of nitrogens with zero attached hydrogens (tertiary/aromatic N) is 3. The zero-order valence-corrected chi connectivity index (χ0v) is 15.5. The molecule has 0 bridgehead atoms. The predicted octanol–water partition coefficient (Wildman–Crippen LogP) is 2.86. The second kappa shape index (κ2) is 9.04. The average Bonchev–Trinajstić information content (AvgIpc) is 3.34. The number of nitrogens with one attached hydrogen (secondary N) is 2. The molecule has 140 valence electrons. The number of para-hydroxylation sites is 1. The largest absolute Gasteiger partial charge is 0.461 e. The summed E-state index contributed by atoms with van der Waals surface area (Å²) in [6.45, 7) is 2.45. The monoisotopic (exact) mass is 385 g/mol. The summed E-state index contributed by atoms with van der Waals surface area (Å²) in [5, 5.41) is 13.8. The Kier molecular flexibility index (Phi) is 6.26. The normalized spacial score (nSPS) is 10.6. The average molecular weight is 385 g/mol. The molecule has 0 atom stereocenters. The molecule has 0 aliphatic carbocycles. The number of carbonyl (C=O) groups excluding carboxylic acids is 2. The number of amides is 3. The Morgan fingerprint density at radius 1 is 1.15 bits per heavy atom. The Balaban J connectivity index is 1.76. The van der Waals surface area contributed by atoms with Crippen molar-refractivity contribution in [2.45, 2.75) is 18.5 Å².